The first-order chi connectivity index (χ1) is 7.79. The number of methoxy groups -OCH3 is 1. The predicted molar refractivity (Wildman–Crippen MR) is 57.0 cm³/mol. The normalized spacial score (nSPS) is 12.1. The molecule has 2 heterocycles. The van der Waals surface area contributed by atoms with Crippen LogP contribution in [0.2, 0.25) is 0 Å². The third-order valence-electron chi connectivity index (χ3n) is 2.05. The van der Waals surface area contributed by atoms with Gasteiger partial charge in [0.2, 0.25) is 5.88 Å². The first kappa shape index (κ1) is 10.3. The quantitative estimate of drug-likeness (QED) is 0.791. The molecule has 0 aliphatic carbocycles. The average molecular weight is 220 g/mol. The summed E-state index contributed by atoms with van der Waals surface area (Å²) in [6.07, 6.45) is 0. The van der Waals surface area contributed by atoms with Gasteiger partial charge in [-0.15, -0.1) is 10.2 Å². The van der Waals surface area contributed by atoms with Gasteiger partial charge in [0.15, 0.2) is 5.82 Å². The highest BCUT2D eigenvalue weighted by molar-refractivity contribution is 5.38. The van der Waals surface area contributed by atoms with Crippen molar-refractivity contribution >= 4 is 5.82 Å². The smallest absolute Gasteiger partial charge is 0.214 e. The summed E-state index contributed by atoms with van der Waals surface area (Å²) in [5.41, 5.74) is 0. The number of nitrogens with one attached hydrogen (secondary N) is 2. The van der Waals surface area contributed by atoms with Gasteiger partial charge in [-0.05, 0) is 13.0 Å². The largest absolute Gasteiger partial charge is 0.481 e. The highest BCUT2D eigenvalue weighted by atomic mass is 16.5. The monoisotopic (exact) mass is 220 g/mol. The molecule has 2 aromatic rings. The molecule has 0 spiro atoms. The van der Waals surface area contributed by atoms with E-state index < -0.39 is 0 Å². The molecule has 0 saturated carbocycles. The Morgan fingerprint density at radius 1 is 1.44 bits per heavy atom. The fourth-order valence-electron chi connectivity index (χ4n) is 1.25. The first-order valence-electron chi connectivity index (χ1n) is 4.80. The van der Waals surface area contributed by atoms with Crippen LogP contribution in [0.4, 0.5) is 5.82 Å². The second kappa shape index (κ2) is 4.56. The molecule has 0 radical (unpaired) electrons. The molecule has 0 aliphatic heterocycles. The minimum absolute atomic E-state index is 0.0710. The average Bonchev–Trinajstić information content (AvgIpc) is 2.83. The van der Waals surface area contributed by atoms with Crippen LogP contribution in [0.15, 0.2) is 18.2 Å². The molecule has 0 bridgehead atoms. The summed E-state index contributed by atoms with van der Waals surface area (Å²) in [5, 5.41) is 16.8. The molecule has 0 aliphatic rings. The molecule has 0 aromatic carbocycles. The number of anilines is 1. The van der Waals surface area contributed by atoms with Crippen LogP contribution in [0.5, 0.6) is 5.88 Å². The summed E-state index contributed by atoms with van der Waals surface area (Å²) < 4.78 is 5.03. The van der Waals surface area contributed by atoms with E-state index in [0.717, 1.165) is 0 Å². The molecule has 2 N–H and O–H groups in total. The Balaban J connectivity index is 2.08. The third-order valence-corrected chi connectivity index (χ3v) is 2.05. The number of pyridine rings is 1. The van der Waals surface area contributed by atoms with Crippen molar-refractivity contribution in [3.05, 3.63) is 24.0 Å². The van der Waals surface area contributed by atoms with Crippen molar-refractivity contribution in [2.45, 2.75) is 13.0 Å². The predicted octanol–water partition coefficient (Wildman–Crippen LogP) is 0.776. The number of hydrogen-bond acceptors (Lipinski definition) is 6. The van der Waals surface area contributed by atoms with E-state index in [0.29, 0.717) is 17.5 Å². The molecule has 2 aromatic heterocycles. The second-order valence-corrected chi connectivity index (χ2v) is 3.20. The lowest BCUT2D eigenvalue weighted by Gasteiger charge is -2.10. The van der Waals surface area contributed by atoms with Gasteiger partial charge in [0.25, 0.3) is 0 Å². The van der Waals surface area contributed by atoms with E-state index in [-0.39, 0.29) is 6.04 Å². The minimum atomic E-state index is -0.0710. The lowest BCUT2D eigenvalue weighted by molar-refractivity contribution is 0.398. The summed E-state index contributed by atoms with van der Waals surface area (Å²) in [7, 11) is 1.58. The van der Waals surface area contributed by atoms with E-state index in [2.05, 4.69) is 30.9 Å². The number of nitrogens with zero attached hydrogens (tertiary/aromatic N) is 4. The van der Waals surface area contributed by atoms with Crippen molar-refractivity contribution in [3.63, 3.8) is 0 Å². The van der Waals surface area contributed by atoms with Crippen LogP contribution in [0.3, 0.4) is 0 Å². The molecule has 0 saturated heterocycles. The second-order valence-electron chi connectivity index (χ2n) is 3.20. The van der Waals surface area contributed by atoms with Crippen LogP contribution < -0.4 is 10.1 Å². The molecule has 16 heavy (non-hydrogen) atoms. The number of ether oxygens (including phenoxy) is 1. The third kappa shape index (κ3) is 2.25. The first-order valence-corrected chi connectivity index (χ1v) is 4.80. The number of aromatic amines is 1. The molecule has 7 heteroatoms. The zero-order valence-electron chi connectivity index (χ0n) is 9.01. The van der Waals surface area contributed by atoms with Crippen LogP contribution in [0.1, 0.15) is 18.8 Å². The molecule has 2 rings (SSSR count). The number of aromatic nitrogens is 5. The lowest BCUT2D eigenvalue weighted by atomic mass is 10.3. The maximum Gasteiger partial charge on any atom is 0.214 e. The van der Waals surface area contributed by atoms with Gasteiger partial charge in [-0.25, -0.2) is 0 Å². The Bertz CT molecular complexity index is 443. The van der Waals surface area contributed by atoms with Crippen molar-refractivity contribution in [1.82, 2.24) is 25.6 Å². The van der Waals surface area contributed by atoms with Gasteiger partial charge in [-0.2, -0.15) is 10.2 Å². The lowest BCUT2D eigenvalue weighted by Crippen LogP contribution is -2.09. The number of hydrogen-bond donors (Lipinski definition) is 2. The van der Waals surface area contributed by atoms with Gasteiger partial charge >= 0.3 is 0 Å². The Hall–Kier alpha value is -2.18. The Morgan fingerprint density at radius 3 is 3.00 bits per heavy atom. The van der Waals surface area contributed by atoms with Crippen molar-refractivity contribution in [2.75, 3.05) is 12.4 Å². The van der Waals surface area contributed by atoms with E-state index in [4.69, 9.17) is 4.74 Å². The van der Waals surface area contributed by atoms with Crippen molar-refractivity contribution < 1.29 is 4.74 Å². The van der Waals surface area contributed by atoms with Gasteiger partial charge in [0, 0.05) is 6.07 Å². The van der Waals surface area contributed by atoms with Gasteiger partial charge in [0.1, 0.15) is 5.82 Å². The summed E-state index contributed by atoms with van der Waals surface area (Å²) in [6.45, 7) is 1.92. The van der Waals surface area contributed by atoms with Gasteiger partial charge in [-0.1, -0.05) is 11.3 Å². The fourth-order valence-corrected chi connectivity index (χ4v) is 1.25. The molecule has 84 valence electrons. The van der Waals surface area contributed by atoms with Crippen molar-refractivity contribution in [2.24, 2.45) is 0 Å². The number of H-pyrrole nitrogens is 1. The molecular weight excluding hydrogens is 208 g/mol. The summed E-state index contributed by atoms with van der Waals surface area (Å²) in [4.78, 5) is 4.22. The van der Waals surface area contributed by atoms with Crippen molar-refractivity contribution in [3.8, 4) is 5.88 Å². The maximum absolute atomic E-state index is 5.03. The van der Waals surface area contributed by atoms with E-state index in [1.165, 1.54) is 0 Å². The van der Waals surface area contributed by atoms with Crippen LogP contribution in [0, 0.1) is 0 Å². The SMILES string of the molecule is COc1cccc(NC(C)c2nn[nH]n2)n1. The topological polar surface area (TPSA) is 88.6 Å². The van der Waals surface area contributed by atoms with Crippen molar-refractivity contribution in [1.29, 1.82) is 0 Å². The minimum Gasteiger partial charge on any atom is -0.481 e. The van der Waals surface area contributed by atoms with Crippen LogP contribution in [-0.4, -0.2) is 32.7 Å². The number of tetrazole rings is 1. The highest BCUT2D eigenvalue weighted by Crippen LogP contribution is 2.16. The van der Waals surface area contributed by atoms with Gasteiger partial charge in [0.05, 0.1) is 13.2 Å². The molecule has 1 unspecified atom stereocenters. The molecular formula is C9H12N6O. The Labute approximate surface area is 92.2 Å². The molecule has 7 nitrogen and oxygen atoms in total. The summed E-state index contributed by atoms with van der Waals surface area (Å²) in [6, 6.07) is 5.42. The molecule has 0 fully saturated rings. The Kier molecular flexibility index (Phi) is 2.95. The number of rotatable bonds is 4. The maximum atomic E-state index is 5.03. The van der Waals surface area contributed by atoms with E-state index in [1.54, 1.807) is 13.2 Å². The van der Waals surface area contributed by atoms with Crippen LogP contribution in [-0.2, 0) is 0 Å². The van der Waals surface area contributed by atoms with Gasteiger partial charge in [-0.3, -0.25) is 0 Å². The summed E-state index contributed by atoms with van der Waals surface area (Å²) in [5.74, 6) is 1.85. The standard InChI is InChI=1S/C9H12N6O/c1-6(9-12-14-15-13-9)10-7-4-3-5-8(11-7)16-2/h3-6H,1-2H3,(H,10,11)(H,12,13,14,15). The van der Waals surface area contributed by atoms with Crippen LogP contribution in [0.25, 0.3) is 0 Å². The zero-order chi connectivity index (χ0) is 11.4. The van der Waals surface area contributed by atoms with E-state index in [9.17, 15) is 0 Å². The summed E-state index contributed by atoms with van der Waals surface area (Å²) >= 11 is 0. The van der Waals surface area contributed by atoms with E-state index in [1.807, 2.05) is 19.1 Å². The molecule has 0 amide bonds. The zero-order valence-corrected chi connectivity index (χ0v) is 9.01. The highest BCUT2D eigenvalue weighted by Gasteiger charge is 2.10. The molecule has 1 atom stereocenters. The van der Waals surface area contributed by atoms with E-state index >= 15 is 0 Å². The Morgan fingerprint density at radius 2 is 2.31 bits per heavy atom. The van der Waals surface area contributed by atoms with Gasteiger partial charge < -0.3 is 10.1 Å². The fraction of sp³-hybridized carbons (Fsp3) is 0.333. The van der Waals surface area contributed by atoms with Crippen LogP contribution >= 0.6 is 0 Å².